The molecule has 0 amide bonds. The fraction of sp³-hybridized carbons (Fsp3) is 0.250. The number of aromatic nitrogens is 2. The normalized spacial score (nSPS) is 10.9. The Balaban J connectivity index is 2.90. The van der Waals surface area contributed by atoms with E-state index in [0.717, 1.165) is 16.2 Å². The molecule has 2 rings (SSSR count). The summed E-state index contributed by atoms with van der Waals surface area (Å²) in [5.41, 5.74) is 1.54. The molecule has 0 unspecified atom stereocenters. The predicted molar refractivity (Wildman–Crippen MR) is 56.7 cm³/mol. The van der Waals surface area contributed by atoms with Crippen LogP contribution < -0.4 is 5.69 Å². The maximum absolute atomic E-state index is 11.5. The Morgan fingerprint density at radius 1 is 1.69 bits per heavy atom. The van der Waals surface area contributed by atoms with Crippen LogP contribution in [0.2, 0.25) is 0 Å². The van der Waals surface area contributed by atoms with E-state index in [1.165, 1.54) is 0 Å². The van der Waals surface area contributed by atoms with E-state index in [2.05, 4.69) is 20.9 Å². The SMILES string of the molecule is Cc1cc2scc(CBr)n2c(=O)n1. The topological polar surface area (TPSA) is 34.4 Å². The second-order valence-electron chi connectivity index (χ2n) is 2.71. The summed E-state index contributed by atoms with van der Waals surface area (Å²) < 4.78 is 1.63. The molecule has 0 N–H and O–H groups in total. The van der Waals surface area contributed by atoms with Crippen molar-refractivity contribution in [3.8, 4) is 0 Å². The number of nitrogens with zero attached hydrogens (tertiary/aromatic N) is 2. The van der Waals surface area contributed by atoms with E-state index in [1.54, 1.807) is 15.7 Å². The van der Waals surface area contributed by atoms with Crippen molar-refractivity contribution in [2.75, 3.05) is 0 Å². The van der Waals surface area contributed by atoms with Crippen LogP contribution in [0.15, 0.2) is 16.2 Å². The minimum absolute atomic E-state index is 0.189. The molecule has 3 nitrogen and oxygen atoms in total. The third-order valence-electron chi connectivity index (χ3n) is 1.76. The average molecular weight is 259 g/mol. The van der Waals surface area contributed by atoms with Gasteiger partial charge in [-0.1, -0.05) is 15.9 Å². The highest BCUT2D eigenvalue weighted by molar-refractivity contribution is 9.08. The molecule has 2 heterocycles. The number of aryl methyl sites for hydroxylation is 1. The van der Waals surface area contributed by atoms with Crippen molar-refractivity contribution in [3.05, 3.63) is 33.3 Å². The number of fused-ring (bicyclic) bond motifs is 1. The van der Waals surface area contributed by atoms with Crippen LogP contribution in [0.25, 0.3) is 4.83 Å². The molecule has 0 saturated carbocycles. The van der Waals surface area contributed by atoms with Crippen LogP contribution in [0.5, 0.6) is 0 Å². The van der Waals surface area contributed by atoms with Gasteiger partial charge >= 0.3 is 5.69 Å². The van der Waals surface area contributed by atoms with E-state index >= 15 is 0 Å². The fourth-order valence-electron chi connectivity index (χ4n) is 1.19. The molecule has 0 saturated heterocycles. The van der Waals surface area contributed by atoms with Crippen molar-refractivity contribution < 1.29 is 0 Å². The first-order valence-electron chi connectivity index (χ1n) is 3.75. The maximum atomic E-state index is 11.5. The molecule has 0 aliphatic carbocycles. The Morgan fingerprint density at radius 3 is 3.15 bits per heavy atom. The Morgan fingerprint density at radius 2 is 2.46 bits per heavy atom. The second-order valence-corrected chi connectivity index (χ2v) is 4.16. The number of hydrogen-bond donors (Lipinski definition) is 0. The van der Waals surface area contributed by atoms with Crippen molar-refractivity contribution in [3.63, 3.8) is 0 Å². The molecule has 0 fully saturated rings. The number of halogens is 1. The Bertz CT molecular complexity index is 502. The molecule has 0 spiro atoms. The van der Waals surface area contributed by atoms with Gasteiger partial charge in [-0.05, 0) is 13.0 Å². The lowest BCUT2D eigenvalue weighted by Gasteiger charge is -1.96. The molecule has 68 valence electrons. The van der Waals surface area contributed by atoms with E-state index < -0.39 is 0 Å². The van der Waals surface area contributed by atoms with Gasteiger partial charge in [0, 0.05) is 22.1 Å². The van der Waals surface area contributed by atoms with Crippen LogP contribution >= 0.6 is 27.3 Å². The summed E-state index contributed by atoms with van der Waals surface area (Å²) in [6.07, 6.45) is 0. The van der Waals surface area contributed by atoms with Crippen molar-refractivity contribution in [1.82, 2.24) is 9.38 Å². The van der Waals surface area contributed by atoms with Gasteiger partial charge in [-0.25, -0.2) is 4.79 Å². The highest BCUT2D eigenvalue weighted by atomic mass is 79.9. The number of thiazole rings is 1. The van der Waals surface area contributed by atoms with Crippen molar-refractivity contribution >= 4 is 32.1 Å². The highest BCUT2D eigenvalue weighted by Crippen LogP contribution is 2.16. The maximum Gasteiger partial charge on any atom is 0.353 e. The molecule has 0 aliphatic heterocycles. The molecule has 0 radical (unpaired) electrons. The molecule has 0 atom stereocenters. The van der Waals surface area contributed by atoms with Crippen LogP contribution in [-0.2, 0) is 5.33 Å². The molecule has 0 aliphatic rings. The van der Waals surface area contributed by atoms with Gasteiger partial charge in [0.2, 0.25) is 0 Å². The van der Waals surface area contributed by atoms with Crippen LogP contribution in [0.1, 0.15) is 11.4 Å². The van der Waals surface area contributed by atoms with Crippen LogP contribution in [-0.4, -0.2) is 9.38 Å². The van der Waals surface area contributed by atoms with E-state index in [0.29, 0.717) is 5.33 Å². The molecular weight excluding hydrogens is 252 g/mol. The average Bonchev–Trinajstić information content (AvgIpc) is 2.47. The zero-order valence-corrected chi connectivity index (χ0v) is 9.35. The van der Waals surface area contributed by atoms with Gasteiger partial charge in [0.1, 0.15) is 4.83 Å². The fourth-order valence-corrected chi connectivity index (χ4v) is 2.81. The zero-order valence-electron chi connectivity index (χ0n) is 6.95. The molecule has 5 heteroatoms. The van der Waals surface area contributed by atoms with Crippen LogP contribution in [0.3, 0.4) is 0 Å². The zero-order chi connectivity index (χ0) is 9.42. The summed E-state index contributed by atoms with van der Waals surface area (Å²) in [6, 6.07) is 1.91. The van der Waals surface area contributed by atoms with Crippen molar-refractivity contribution in [2.45, 2.75) is 12.3 Å². The van der Waals surface area contributed by atoms with E-state index in [4.69, 9.17) is 0 Å². The predicted octanol–water partition coefficient (Wildman–Crippen LogP) is 1.96. The summed E-state index contributed by atoms with van der Waals surface area (Å²) in [5, 5.41) is 2.64. The Labute approximate surface area is 87.2 Å². The molecular formula is C8H7BrN2OS. The van der Waals surface area contributed by atoms with E-state index in [9.17, 15) is 4.79 Å². The molecule has 2 aromatic heterocycles. The van der Waals surface area contributed by atoms with Crippen molar-refractivity contribution in [2.24, 2.45) is 0 Å². The molecule has 2 aromatic rings. The molecule has 0 aromatic carbocycles. The minimum Gasteiger partial charge on any atom is -0.254 e. The Hall–Kier alpha value is -0.680. The quantitative estimate of drug-likeness (QED) is 0.734. The van der Waals surface area contributed by atoms with Crippen molar-refractivity contribution in [1.29, 1.82) is 0 Å². The van der Waals surface area contributed by atoms with Gasteiger partial charge < -0.3 is 0 Å². The smallest absolute Gasteiger partial charge is 0.254 e. The summed E-state index contributed by atoms with van der Waals surface area (Å²) >= 11 is 4.89. The standard InChI is InChI=1S/C8H7BrN2OS/c1-5-2-7-11(8(12)10-5)6(3-9)4-13-7/h2,4H,3H2,1H3. The Kier molecular flexibility index (Phi) is 2.21. The molecule has 0 bridgehead atoms. The van der Waals surface area contributed by atoms with Gasteiger partial charge in [-0.2, -0.15) is 4.98 Å². The third kappa shape index (κ3) is 1.42. The largest absolute Gasteiger partial charge is 0.353 e. The van der Waals surface area contributed by atoms with Gasteiger partial charge in [0.15, 0.2) is 0 Å². The van der Waals surface area contributed by atoms with Gasteiger partial charge in [0.05, 0.1) is 0 Å². The first kappa shape index (κ1) is 8.90. The number of rotatable bonds is 1. The van der Waals surface area contributed by atoms with Gasteiger partial charge in [-0.3, -0.25) is 4.40 Å². The van der Waals surface area contributed by atoms with Crippen LogP contribution in [0, 0.1) is 6.92 Å². The summed E-state index contributed by atoms with van der Waals surface area (Å²) in [4.78, 5) is 16.3. The lowest BCUT2D eigenvalue weighted by Crippen LogP contribution is -2.17. The minimum atomic E-state index is -0.189. The monoisotopic (exact) mass is 258 g/mol. The van der Waals surface area contributed by atoms with E-state index in [1.807, 2.05) is 18.4 Å². The molecule has 13 heavy (non-hydrogen) atoms. The highest BCUT2D eigenvalue weighted by Gasteiger charge is 2.05. The number of hydrogen-bond acceptors (Lipinski definition) is 3. The van der Waals surface area contributed by atoms with E-state index in [-0.39, 0.29) is 5.69 Å². The lowest BCUT2D eigenvalue weighted by molar-refractivity contribution is 0.944. The van der Waals surface area contributed by atoms with Crippen LogP contribution in [0.4, 0.5) is 0 Å². The van der Waals surface area contributed by atoms with Gasteiger partial charge in [-0.15, -0.1) is 11.3 Å². The summed E-state index contributed by atoms with van der Waals surface area (Å²) in [7, 11) is 0. The second kappa shape index (κ2) is 3.23. The summed E-state index contributed by atoms with van der Waals surface area (Å²) in [5.74, 6) is 0. The number of alkyl halides is 1. The third-order valence-corrected chi connectivity index (χ3v) is 3.26. The summed E-state index contributed by atoms with van der Waals surface area (Å²) in [6.45, 7) is 1.83. The van der Waals surface area contributed by atoms with Gasteiger partial charge in [0.25, 0.3) is 0 Å². The first-order chi connectivity index (χ1) is 6.22. The first-order valence-corrected chi connectivity index (χ1v) is 5.75. The lowest BCUT2D eigenvalue weighted by atomic mass is 10.4.